The van der Waals surface area contributed by atoms with Crippen LogP contribution in [-0.2, 0) is 4.74 Å². The average Bonchev–Trinajstić information content (AvgIpc) is 2.78. The number of rotatable bonds is 5. The van der Waals surface area contributed by atoms with Crippen molar-refractivity contribution in [3.63, 3.8) is 0 Å². The van der Waals surface area contributed by atoms with E-state index in [1.54, 1.807) is 0 Å². The first-order valence-corrected chi connectivity index (χ1v) is 8.72. The van der Waals surface area contributed by atoms with Crippen LogP contribution in [0.3, 0.4) is 0 Å². The monoisotopic (exact) mass is 282 g/mol. The van der Waals surface area contributed by atoms with Crippen LogP contribution in [0.1, 0.15) is 58.8 Å². The summed E-state index contributed by atoms with van der Waals surface area (Å²) in [7, 11) is 2.17. The molecule has 2 aliphatic rings. The molecule has 1 N–H and O–H groups in total. The van der Waals surface area contributed by atoms with E-state index >= 15 is 0 Å². The van der Waals surface area contributed by atoms with Crippen LogP contribution in [0.2, 0.25) is 0 Å². The van der Waals surface area contributed by atoms with Crippen molar-refractivity contribution in [2.75, 3.05) is 33.4 Å². The van der Waals surface area contributed by atoms with Crippen LogP contribution in [0.4, 0.5) is 0 Å². The minimum atomic E-state index is 0.271. The van der Waals surface area contributed by atoms with E-state index in [-0.39, 0.29) is 5.54 Å². The number of hydrogen-bond donors (Lipinski definition) is 1. The minimum Gasteiger partial charge on any atom is -0.379 e. The molecule has 1 aliphatic heterocycles. The molecule has 2 atom stereocenters. The maximum absolute atomic E-state index is 5.56. The van der Waals surface area contributed by atoms with Crippen molar-refractivity contribution in [3.8, 4) is 0 Å². The van der Waals surface area contributed by atoms with Gasteiger partial charge in [0.2, 0.25) is 0 Å². The lowest BCUT2D eigenvalue weighted by Gasteiger charge is -2.50. The van der Waals surface area contributed by atoms with Crippen LogP contribution in [0.5, 0.6) is 0 Å². The van der Waals surface area contributed by atoms with Gasteiger partial charge in [-0.05, 0) is 39.2 Å². The van der Waals surface area contributed by atoms with Crippen LogP contribution in [-0.4, -0.2) is 49.8 Å². The molecule has 1 saturated heterocycles. The van der Waals surface area contributed by atoms with E-state index in [2.05, 4.69) is 31.1 Å². The Labute approximate surface area is 125 Å². The molecular formula is C17H34N2O. The summed E-state index contributed by atoms with van der Waals surface area (Å²) in [6.45, 7) is 8.82. The third-order valence-corrected chi connectivity index (χ3v) is 5.80. The van der Waals surface area contributed by atoms with Gasteiger partial charge >= 0.3 is 0 Å². The lowest BCUT2D eigenvalue weighted by molar-refractivity contribution is -0.0410. The van der Waals surface area contributed by atoms with E-state index in [1.807, 2.05) is 0 Å². The number of ether oxygens (including phenoxy) is 1. The highest BCUT2D eigenvalue weighted by molar-refractivity contribution is 5.00. The third-order valence-electron chi connectivity index (χ3n) is 5.80. The Morgan fingerprint density at radius 1 is 1.15 bits per heavy atom. The predicted octanol–water partition coefficient (Wildman–Crippen LogP) is 3.05. The van der Waals surface area contributed by atoms with E-state index in [0.717, 1.165) is 32.2 Å². The second-order valence-electron chi connectivity index (χ2n) is 6.83. The molecule has 2 fully saturated rings. The zero-order chi connectivity index (χ0) is 14.4. The summed E-state index contributed by atoms with van der Waals surface area (Å²) in [4.78, 5) is 2.68. The third kappa shape index (κ3) is 3.55. The number of nitrogens with one attached hydrogen (secondary N) is 1. The van der Waals surface area contributed by atoms with Crippen molar-refractivity contribution >= 4 is 0 Å². The highest BCUT2D eigenvalue weighted by atomic mass is 16.5. The molecule has 3 heteroatoms. The van der Waals surface area contributed by atoms with E-state index < -0.39 is 0 Å². The quantitative estimate of drug-likeness (QED) is 0.784. The smallest absolute Gasteiger partial charge is 0.0594 e. The molecule has 1 saturated carbocycles. The Morgan fingerprint density at radius 3 is 2.25 bits per heavy atom. The lowest BCUT2D eigenvalue weighted by Crippen LogP contribution is -2.63. The molecule has 3 nitrogen and oxygen atoms in total. The molecule has 1 aliphatic carbocycles. The second kappa shape index (κ2) is 7.77. The Balaban J connectivity index is 2.11. The predicted molar refractivity (Wildman–Crippen MR) is 85.1 cm³/mol. The van der Waals surface area contributed by atoms with Gasteiger partial charge in [-0.25, -0.2) is 0 Å². The Morgan fingerprint density at radius 2 is 1.75 bits per heavy atom. The standard InChI is InChI=1S/C17H34N2O/c1-4-17(2,19-11-13-20-14-12-19)16(18-3)15-9-7-5-6-8-10-15/h15-16,18H,4-14H2,1-3H3. The largest absolute Gasteiger partial charge is 0.379 e. The highest BCUT2D eigenvalue weighted by Crippen LogP contribution is 2.35. The topological polar surface area (TPSA) is 24.5 Å². The van der Waals surface area contributed by atoms with Gasteiger partial charge in [0, 0.05) is 24.7 Å². The molecule has 20 heavy (non-hydrogen) atoms. The summed E-state index contributed by atoms with van der Waals surface area (Å²) in [5, 5.41) is 3.71. The molecule has 0 amide bonds. The fraction of sp³-hybridized carbons (Fsp3) is 1.00. The first kappa shape index (κ1) is 16.3. The van der Waals surface area contributed by atoms with Crippen molar-refractivity contribution in [2.24, 2.45) is 5.92 Å². The number of likely N-dealkylation sites (N-methyl/N-ethyl adjacent to an activating group) is 1. The summed E-state index contributed by atoms with van der Waals surface area (Å²) in [5.41, 5.74) is 0.271. The van der Waals surface area contributed by atoms with Crippen molar-refractivity contribution < 1.29 is 4.74 Å². The van der Waals surface area contributed by atoms with Gasteiger partial charge in [0.05, 0.1) is 13.2 Å². The molecule has 0 aromatic rings. The van der Waals surface area contributed by atoms with E-state index in [1.165, 1.54) is 44.9 Å². The lowest BCUT2D eigenvalue weighted by atomic mass is 9.76. The molecular weight excluding hydrogens is 248 g/mol. The maximum Gasteiger partial charge on any atom is 0.0594 e. The zero-order valence-corrected chi connectivity index (χ0v) is 13.8. The van der Waals surface area contributed by atoms with Gasteiger partial charge in [-0.15, -0.1) is 0 Å². The molecule has 0 aromatic carbocycles. The molecule has 2 unspecified atom stereocenters. The van der Waals surface area contributed by atoms with Gasteiger partial charge in [-0.3, -0.25) is 4.90 Å². The van der Waals surface area contributed by atoms with Gasteiger partial charge < -0.3 is 10.1 Å². The molecule has 0 aromatic heterocycles. The summed E-state index contributed by atoms with van der Waals surface area (Å²) in [5.74, 6) is 0.843. The first-order chi connectivity index (χ1) is 9.72. The molecule has 1 heterocycles. The molecule has 118 valence electrons. The molecule has 2 rings (SSSR count). The van der Waals surface area contributed by atoms with Crippen molar-refractivity contribution in [1.29, 1.82) is 0 Å². The van der Waals surface area contributed by atoms with E-state index in [9.17, 15) is 0 Å². The SMILES string of the molecule is CCC(C)(C(NC)C1CCCCCC1)N1CCOCC1. The van der Waals surface area contributed by atoms with Crippen molar-refractivity contribution in [2.45, 2.75) is 70.4 Å². The van der Waals surface area contributed by atoms with Crippen molar-refractivity contribution in [3.05, 3.63) is 0 Å². The van der Waals surface area contributed by atoms with Crippen LogP contribution in [0.25, 0.3) is 0 Å². The average molecular weight is 282 g/mol. The van der Waals surface area contributed by atoms with Crippen molar-refractivity contribution in [1.82, 2.24) is 10.2 Å². The van der Waals surface area contributed by atoms with Crippen LogP contribution in [0, 0.1) is 5.92 Å². The Hall–Kier alpha value is -0.120. The summed E-state index contributed by atoms with van der Waals surface area (Å²) in [6.07, 6.45) is 9.75. The number of morpholine rings is 1. The second-order valence-corrected chi connectivity index (χ2v) is 6.83. The van der Waals surface area contributed by atoms with Gasteiger partial charge in [0.25, 0.3) is 0 Å². The summed E-state index contributed by atoms with van der Waals surface area (Å²) < 4.78 is 5.56. The highest BCUT2D eigenvalue weighted by Gasteiger charge is 2.41. The number of hydrogen-bond acceptors (Lipinski definition) is 3. The Kier molecular flexibility index (Phi) is 6.31. The van der Waals surface area contributed by atoms with E-state index in [0.29, 0.717) is 6.04 Å². The first-order valence-electron chi connectivity index (χ1n) is 8.72. The van der Waals surface area contributed by atoms with Gasteiger partial charge in [0.1, 0.15) is 0 Å². The normalized spacial score (nSPS) is 27.8. The summed E-state index contributed by atoms with van der Waals surface area (Å²) >= 11 is 0. The fourth-order valence-electron chi connectivity index (χ4n) is 4.41. The van der Waals surface area contributed by atoms with Gasteiger partial charge in [-0.1, -0.05) is 32.6 Å². The zero-order valence-electron chi connectivity index (χ0n) is 13.8. The van der Waals surface area contributed by atoms with Crippen LogP contribution < -0.4 is 5.32 Å². The molecule has 0 bridgehead atoms. The minimum absolute atomic E-state index is 0.271. The number of nitrogens with zero attached hydrogens (tertiary/aromatic N) is 1. The van der Waals surface area contributed by atoms with E-state index in [4.69, 9.17) is 4.74 Å². The Bertz CT molecular complexity index is 270. The van der Waals surface area contributed by atoms with Gasteiger partial charge in [-0.2, -0.15) is 0 Å². The maximum atomic E-state index is 5.56. The summed E-state index contributed by atoms with van der Waals surface area (Å²) in [6, 6.07) is 0.615. The van der Waals surface area contributed by atoms with Crippen LogP contribution in [0.15, 0.2) is 0 Å². The van der Waals surface area contributed by atoms with Gasteiger partial charge in [0.15, 0.2) is 0 Å². The fourth-order valence-corrected chi connectivity index (χ4v) is 4.41. The molecule has 0 radical (unpaired) electrons. The molecule has 0 spiro atoms. The van der Waals surface area contributed by atoms with Crippen LogP contribution >= 0.6 is 0 Å².